The number of halogens is 1. The van der Waals surface area contributed by atoms with E-state index in [4.69, 9.17) is 0 Å². The van der Waals surface area contributed by atoms with Crippen LogP contribution in [0.1, 0.15) is 31.9 Å². The average Bonchev–Trinajstić information content (AvgIpc) is 2.40. The number of hydrogen-bond acceptors (Lipinski definition) is 3. The number of benzene rings is 1. The second-order valence-corrected chi connectivity index (χ2v) is 7.92. The molecule has 0 bridgehead atoms. The molecule has 1 N–H and O–H groups in total. The standard InChI is InChI=1S/C15H23FN2O2S/c1-11-10-18(21(3,19)20)9-8-15(11)17-12(2)13-4-6-14(16)7-5-13/h4-7,11-12,15,17H,8-10H2,1-3H3/t11-,12+,15+/m1/s1. The number of sulfonamides is 1. The van der Waals surface area contributed by atoms with Gasteiger partial charge in [-0.05, 0) is 37.0 Å². The molecule has 6 heteroatoms. The normalized spacial score (nSPS) is 25.7. The van der Waals surface area contributed by atoms with Crippen molar-refractivity contribution in [2.24, 2.45) is 5.92 Å². The second kappa shape index (κ2) is 6.42. The predicted octanol–water partition coefficient (Wildman–Crippen LogP) is 2.15. The monoisotopic (exact) mass is 314 g/mol. The topological polar surface area (TPSA) is 49.4 Å². The molecule has 1 aliphatic rings. The average molecular weight is 314 g/mol. The van der Waals surface area contributed by atoms with E-state index in [-0.39, 0.29) is 23.8 Å². The first-order valence-electron chi connectivity index (χ1n) is 7.24. The van der Waals surface area contributed by atoms with Crippen molar-refractivity contribution >= 4 is 10.0 Å². The molecule has 0 aromatic heterocycles. The molecular formula is C15H23FN2O2S. The number of nitrogens with zero attached hydrogens (tertiary/aromatic N) is 1. The van der Waals surface area contributed by atoms with Gasteiger partial charge in [-0.2, -0.15) is 0 Å². The van der Waals surface area contributed by atoms with E-state index in [2.05, 4.69) is 12.2 Å². The van der Waals surface area contributed by atoms with Crippen molar-refractivity contribution in [1.82, 2.24) is 9.62 Å². The maximum absolute atomic E-state index is 12.9. The highest BCUT2D eigenvalue weighted by molar-refractivity contribution is 7.88. The van der Waals surface area contributed by atoms with Crippen LogP contribution in [-0.4, -0.2) is 38.1 Å². The second-order valence-electron chi connectivity index (χ2n) is 5.93. The largest absolute Gasteiger partial charge is 0.307 e. The third-order valence-corrected chi connectivity index (χ3v) is 5.44. The van der Waals surface area contributed by atoms with Gasteiger partial charge in [-0.15, -0.1) is 0 Å². The van der Waals surface area contributed by atoms with Crippen molar-refractivity contribution in [2.75, 3.05) is 19.3 Å². The molecule has 2 rings (SSSR count). The Balaban J connectivity index is 1.96. The van der Waals surface area contributed by atoms with Crippen LogP contribution in [0.4, 0.5) is 4.39 Å². The van der Waals surface area contributed by atoms with Gasteiger partial charge in [-0.1, -0.05) is 19.1 Å². The summed E-state index contributed by atoms with van der Waals surface area (Å²) < 4.78 is 37.7. The lowest BCUT2D eigenvalue weighted by atomic mass is 9.93. The van der Waals surface area contributed by atoms with E-state index in [1.807, 2.05) is 6.92 Å². The van der Waals surface area contributed by atoms with Crippen molar-refractivity contribution < 1.29 is 12.8 Å². The molecule has 0 radical (unpaired) electrons. The molecule has 1 aromatic rings. The highest BCUT2D eigenvalue weighted by atomic mass is 32.2. The SMILES string of the molecule is C[C@H](N[C@H]1CCN(S(C)(=O)=O)C[C@H]1C)c1ccc(F)cc1. The number of hydrogen-bond donors (Lipinski definition) is 1. The fourth-order valence-electron chi connectivity index (χ4n) is 2.82. The lowest BCUT2D eigenvalue weighted by Crippen LogP contribution is -2.50. The van der Waals surface area contributed by atoms with Gasteiger partial charge in [0.05, 0.1) is 6.26 Å². The highest BCUT2D eigenvalue weighted by Gasteiger charge is 2.31. The minimum absolute atomic E-state index is 0.114. The zero-order chi connectivity index (χ0) is 15.6. The Morgan fingerprint density at radius 3 is 2.48 bits per heavy atom. The summed E-state index contributed by atoms with van der Waals surface area (Å²) >= 11 is 0. The molecule has 1 saturated heterocycles. The maximum atomic E-state index is 12.9. The van der Waals surface area contributed by atoms with Crippen molar-refractivity contribution in [3.8, 4) is 0 Å². The summed E-state index contributed by atoms with van der Waals surface area (Å²) in [6, 6.07) is 6.87. The van der Waals surface area contributed by atoms with Crippen LogP contribution in [-0.2, 0) is 10.0 Å². The number of nitrogens with one attached hydrogen (secondary N) is 1. The van der Waals surface area contributed by atoms with Gasteiger partial charge in [0.15, 0.2) is 0 Å². The van der Waals surface area contributed by atoms with Gasteiger partial charge in [0, 0.05) is 25.2 Å². The van der Waals surface area contributed by atoms with Gasteiger partial charge >= 0.3 is 0 Å². The van der Waals surface area contributed by atoms with Crippen molar-refractivity contribution in [1.29, 1.82) is 0 Å². The summed E-state index contributed by atoms with van der Waals surface area (Å²) in [5.74, 6) is 0.0113. The molecule has 1 aromatic carbocycles. The van der Waals surface area contributed by atoms with Crippen LogP contribution < -0.4 is 5.32 Å². The van der Waals surface area contributed by atoms with Crippen molar-refractivity contribution in [3.05, 3.63) is 35.6 Å². The van der Waals surface area contributed by atoms with E-state index in [0.717, 1.165) is 12.0 Å². The smallest absolute Gasteiger partial charge is 0.211 e. The fraction of sp³-hybridized carbons (Fsp3) is 0.600. The summed E-state index contributed by atoms with van der Waals surface area (Å²) in [6.45, 7) is 5.21. The minimum Gasteiger partial charge on any atom is -0.307 e. The van der Waals surface area contributed by atoms with Crippen molar-refractivity contribution in [3.63, 3.8) is 0 Å². The van der Waals surface area contributed by atoms with Gasteiger partial charge in [0.1, 0.15) is 5.82 Å². The summed E-state index contributed by atoms with van der Waals surface area (Å²) in [4.78, 5) is 0. The lowest BCUT2D eigenvalue weighted by Gasteiger charge is -2.37. The zero-order valence-corrected chi connectivity index (χ0v) is 13.5. The van der Waals surface area contributed by atoms with E-state index in [1.165, 1.54) is 18.4 Å². The molecule has 118 valence electrons. The number of rotatable bonds is 4. The first-order valence-corrected chi connectivity index (χ1v) is 9.09. The highest BCUT2D eigenvalue weighted by Crippen LogP contribution is 2.22. The molecule has 0 aliphatic carbocycles. The maximum Gasteiger partial charge on any atom is 0.211 e. The van der Waals surface area contributed by atoms with Crippen LogP contribution in [0, 0.1) is 11.7 Å². The van der Waals surface area contributed by atoms with Gasteiger partial charge in [-0.3, -0.25) is 0 Å². The van der Waals surface area contributed by atoms with Gasteiger partial charge in [-0.25, -0.2) is 17.1 Å². The minimum atomic E-state index is -3.10. The molecule has 4 nitrogen and oxygen atoms in total. The Bertz CT molecular complexity index is 574. The van der Waals surface area contributed by atoms with Gasteiger partial charge in [0.2, 0.25) is 10.0 Å². The Hall–Kier alpha value is -0.980. The van der Waals surface area contributed by atoms with Crippen LogP contribution >= 0.6 is 0 Å². The van der Waals surface area contributed by atoms with Crippen LogP contribution in [0.3, 0.4) is 0 Å². The molecule has 1 aliphatic heterocycles. The molecule has 21 heavy (non-hydrogen) atoms. The Kier molecular flexibility index (Phi) is 5.01. The van der Waals surface area contributed by atoms with Crippen LogP contribution in [0.25, 0.3) is 0 Å². The Morgan fingerprint density at radius 2 is 1.95 bits per heavy atom. The Labute approximate surface area is 126 Å². The summed E-state index contributed by atoms with van der Waals surface area (Å²) in [7, 11) is -3.10. The molecule has 1 heterocycles. The number of piperidine rings is 1. The van der Waals surface area contributed by atoms with E-state index in [0.29, 0.717) is 13.1 Å². The van der Waals surface area contributed by atoms with E-state index >= 15 is 0 Å². The molecular weight excluding hydrogens is 291 g/mol. The van der Waals surface area contributed by atoms with E-state index in [1.54, 1.807) is 16.4 Å². The van der Waals surface area contributed by atoms with Gasteiger partial charge in [0.25, 0.3) is 0 Å². The zero-order valence-electron chi connectivity index (χ0n) is 12.7. The first-order chi connectivity index (χ1) is 9.77. The molecule has 0 saturated carbocycles. The van der Waals surface area contributed by atoms with Crippen LogP contribution in [0.15, 0.2) is 24.3 Å². The van der Waals surface area contributed by atoms with Gasteiger partial charge < -0.3 is 5.32 Å². The molecule has 0 amide bonds. The molecule has 0 spiro atoms. The molecule has 3 atom stereocenters. The first kappa shape index (κ1) is 16.4. The summed E-state index contributed by atoms with van der Waals surface area (Å²) in [5, 5.41) is 3.53. The van der Waals surface area contributed by atoms with Crippen LogP contribution in [0.2, 0.25) is 0 Å². The molecule has 0 unspecified atom stereocenters. The fourth-order valence-corrected chi connectivity index (χ4v) is 3.77. The van der Waals surface area contributed by atoms with E-state index in [9.17, 15) is 12.8 Å². The van der Waals surface area contributed by atoms with E-state index < -0.39 is 10.0 Å². The summed E-state index contributed by atoms with van der Waals surface area (Å²) in [5.41, 5.74) is 1.04. The lowest BCUT2D eigenvalue weighted by molar-refractivity contribution is 0.210. The quantitative estimate of drug-likeness (QED) is 0.926. The summed E-state index contributed by atoms with van der Waals surface area (Å²) in [6.07, 6.45) is 2.05. The predicted molar refractivity (Wildman–Crippen MR) is 81.9 cm³/mol. The molecule has 1 fully saturated rings. The third kappa shape index (κ3) is 4.25. The Morgan fingerprint density at radius 1 is 1.33 bits per heavy atom. The third-order valence-electron chi connectivity index (χ3n) is 4.17. The van der Waals surface area contributed by atoms with Crippen molar-refractivity contribution in [2.45, 2.75) is 32.4 Å². The van der Waals surface area contributed by atoms with Crippen LogP contribution in [0.5, 0.6) is 0 Å².